The van der Waals surface area contributed by atoms with E-state index in [1.54, 1.807) is 6.08 Å². The van der Waals surface area contributed by atoms with Crippen molar-refractivity contribution in [1.82, 2.24) is 0 Å². The molecule has 0 aromatic heterocycles. The van der Waals surface area contributed by atoms with E-state index in [0.29, 0.717) is 19.4 Å². The zero-order valence-electron chi connectivity index (χ0n) is 12.2. The van der Waals surface area contributed by atoms with Crippen LogP contribution < -0.4 is 0 Å². The predicted octanol–water partition coefficient (Wildman–Crippen LogP) is 3.94. The maximum Gasteiger partial charge on any atom is 0.312 e. The minimum absolute atomic E-state index is 0.138. The second kappa shape index (κ2) is 7.13. The van der Waals surface area contributed by atoms with E-state index in [4.69, 9.17) is 4.74 Å². The van der Waals surface area contributed by atoms with Crippen LogP contribution in [0.4, 0.5) is 0 Å². The summed E-state index contributed by atoms with van der Waals surface area (Å²) in [5.74, 6) is -0.138. The third-order valence-electron chi connectivity index (χ3n) is 3.44. The molecule has 0 amide bonds. The Morgan fingerprint density at radius 2 is 1.95 bits per heavy atom. The lowest BCUT2D eigenvalue weighted by molar-refractivity contribution is -0.154. The van der Waals surface area contributed by atoms with Crippen LogP contribution in [0.25, 0.3) is 0 Å². The van der Waals surface area contributed by atoms with E-state index >= 15 is 0 Å². The number of aryl methyl sites for hydroxylation is 1. The van der Waals surface area contributed by atoms with E-state index < -0.39 is 5.41 Å². The molecule has 0 saturated carbocycles. The maximum absolute atomic E-state index is 12.2. The number of rotatable bonds is 7. The average Bonchev–Trinajstić information content (AvgIpc) is 2.40. The van der Waals surface area contributed by atoms with Gasteiger partial charge in [0.1, 0.15) is 0 Å². The standard InChI is InChI=1S/C17H24O2/c1-5-12-17(4,16(18)19-7-3)13-15-11-9-8-10-14(15)6-2/h5,8-11H,1,6-7,12-13H2,2-4H3. The molecule has 0 bridgehead atoms. The zero-order valence-corrected chi connectivity index (χ0v) is 12.2. The molecule has 104 valence electrons. The van der Waals surface area contributed by atoms with Gasteiger partial charge in [-0.25, -0.2) is 0 Å². The molecule has 1 aromatic carbocycles. The average molecular weight is 260 g/mol. The summed E-state index contributed by atoms with van der Waals surface area (Å²) in [5.41, 5.74) is 1.99. The zero-order chi connectivity index (χ0) is 14.3. The molecule has 0 aliphatic carbocycles. The normalized spacial score (nSPS) is 13.6. The van der Waals surface area contributed by atoms with Crippen molar-refractivity contribution in [2.75, 3.05) is 6.61 Å². The Hall–Kier alpha value is -1.57. The van der Waals surface area contributed by atoms with Crippen LogP contribution in [0, 0.1) is 5.41 Å². The van der Waals surface area contributed by atoms with E-state index in [1.165, 1.54) is 11.1 Å². The lowest BCUT2D eigenvalue weighted by atomic mass is 9.79. The molecule has 0 fully saturated rings. The first-order valence-electron chi connectivity index (χ1n) is 6.92. The van der Waals surface area contributed by atoms with Gasteiger partial charge in [0.2, 0.25) is 0 Å². The summed E-state index contributed by atoms with van der Waals surface area (Å²) in [7, 11) is 0. The monoisotopic (exact) mass is 260 g/mol. The number of carbonyl (C=O) groups excluding carboxylic acids is 1. The van der Waals surface area contributed by atoms with Gasteiger partial charge in [-0.15, -0.1) is 6.58 Å². The molecular weight excluding hydrogens is 236 g/mol. The molecule has 0 radical (unpaired) electrons. The Balaban J connectivity index is 3.00. The Bertz CT molecular complexity index is 437. The minimum atomic E-state index is -0.525. The number of hydrogen-bond acceptors (Lipinski definition) is 2. The van der Waals surface area contributed by atoms with Crippen LogP contribution in [-0.2, 0) is 22.4 Å². The molecule has 0 N–H and O–H groups in total. The highest BCUT2D eigenvalue weighted by Crippen LogP contribution is 2.30. The van der Waals surface area contributed by atoms with Crippen molar-refractivity contribution >= 4 is 5.97 Å². The summed E-state index contributed by atoms with van der Waals surface area (Å²) in [5, 5.41) is 0. The second-order valence-corrected chi connectivity index (χ2v) is 5.07. The summed E-state index contributed by atoms with van der Waals surface area (Å²) >= 11 is 0. The molecule has 0 heterocycles. The first-order valence-corrected chi connectivity index (χ1v) is 6.92. The molecule has 0 aliphatic heterocycles. The van der Waals surface area contributed by atoms with E-state index in [2.05, 4.69) is 25.6 Å². The van der Waals surface area contributed by atoms with Gasteiger partial charge < -0.3 is 4.74 Å². The van der Waals surface area contributed by atoms with Crippen molar-refractivity contribution in [3.05, 3.63) is 48.0 Å². The van der Waals surface area contributed by atoms with Crippen molar-refractivity contribution < 1.29 is 9.53 Å². The lowest BCUT2D eigenvalue weighted by Gasteiger charge is -2.27. The van der Waals surface area contributed by atoms with Crippen LogP contribution in [-0.4, -0.2) is 12.6 Å². The summed E-state index contributed by atoms with van der Waals surface area (Å²) in [6.07, 6.45) is 4.10. The molecule has 0 aliphatic rings. The summed E-state index contributed by atoms with van der Waals surface area (Å²) in [6, 6.07) is 8.28. The summed E-state index contributed by atoms with van der Waals surface area (Å²) in [4.78, 5) is 12.2. The fourth-order valence-electron chi connectivity index (χ4n) is 2.35. The fourth-order valence-corrected chi connectivity index (χ4v) is 2.35. The second-order valence-electron chi connectivity index (χ2n) is 5.07. The number of ether oxygens (including phenoxy) is 1. The third-order valence-corrected chi connectivity index (χ3v) is 3.44. The molecule has 0 saturated heterocycles. The highest BCUT2D eigenvalue weighted by molar-refractivity contribution is 5.77. The van der Waals surface area contributed by atoms with E-state index in [1.807, 2.05) is 26.0 Å². The molecule has 2 nitrogen and oxygen atoms in total. The largest absolute Gasteiger partial charge is 0.466 e. The first-order chi connectivity index (χ1) is 9.07. The van der Waals surface area contributed by atoms with Gasteiger partial charge in [0.25, 0.3) is 0 Å². The maximum atomic E-state index is 12.2. The van der Waals surface area contributed by atoms with Crippen LogP contribution in [0.15, 0.2) is 36.9 Å². The van der Waals surface area contributed by atoms with Gasteiger partial charge in [-0.3, -0.25) is 4.79 Å². The number of allylic oxidation sites excluding steroid dienone is 1. The number of benzene rings is 1. The van der Waals surface area contributed by atoms with Crippen LogP contribution in [0.5, 0.6) is 0 Å². The molecule has 1 rings (SSSR count). The van der Waals surface area contributed by atoms with Gasteiger partial charge in [-0.1, -0.05) is 37.3 Å². The van der Waals surface area contributed by atoms with E-state index in [9.17, 15) is 4.79 Å². The fraction of sp³-hybridized carbons (Fsp3) is 0.471. The molecule has 19 heavy (non-hydrogen) atoms. The van der Waals surface area contributed by atoms with Crippen molar-refractivity contribution in [2.45, 2.75) is 40.0 Å². The highest BCUT2D eigenvalue weighted by atomic mass is 16.5. The van der Waals surface area contributed by atoms with Crippen LogP contribution >= 0.6 is 0 Å². The first kappa shape index (κ1) is 15.5. The van der Waals surface area contributed by atoms with E-state index in [-0.39, 0.29) is 5.97 Å². The summed E-state index contributed by atoms with van der Waals surface area (Å²) < 4.78 is 5.22. The van der Waals surface area contributed by atoms with Gasteiger partial charge in [0, 0.05) is 0 Å². The quantitative estimate of drug-likeness (QED) is 0.548. The van der Waals surface area contributed by atoms with Crippen molar-refractivity contribution in [3.8, 4) is 0 Å². The van der Waals surface area contributed by atoms with Gasteiger partial charge in [-0.05, 0) is 44.2 Å². The van der Waals surface area contributed by atoms with Crippen molar-refractivity contribution in [1.29, 1.82) is 0 Å². The molecule has 2 heteroatoms. The SMILES string of the molecule is C=CCC(C)(Cc1ccccc1CC)C(=O)OCC. The lowest BCUT2D eigenvalue weighted by Crippen LogP contribution is -2.32. The van der Waals surface area contributed by atoms with Crippen molar-refractivity contribution in [2.24, 2.45) is 5.41 Å². The Kier molecular flexibility index (Phi) is 5.81. The number of carbonyl (C=O) groups is 1. The third kappa shape index (κ3) is 3.95. The van der Waals surface area contributed by atoms with Gasteiger partial charge >= 0.3 is 5.97 Å². The minimum Gasteiger partial charge on any atom is -0.466 e. The Labute approximate surface area is 116 Å². The highest BCUT2D eigenvalue weighted by Gasteiger charge is 2.34. The molecule has 1 atom stereocenters. The predicted molar refractivity (Wildman–Crippen MR) is 79.1 cm³/mol. The van der Waals surface area contributed by atoms with Crippen molar-refractivity contribution in [3.63, 3.8) is 0 Å². The Morgan fingerprint density at radius 1 is 1.32 bits per heavy atom. The topological polar surface area (TPSA) is 26.3 Å². The molecule has 1 aromatic rings. The number of esters is 1. The van der Waals surface area contributed by atoms with Gasteiger partial charge in [0.05, 0.1) is 12.0 Å². The van der Waals surface area contributed by atoms with Crippen LogP contribution in [0.3, 0.4) is 0 Å². The molecular formula is C17H24O2. The van der Waals surface area contributed by atoms with Crippen LogP contribution in [0.1, 0.15) is 38.3 Å². The van der Waals surface area contributed by atoms with Crippen LogP contribution in [0.2, 0.25) is 0 Å². The van der Waals surface area contributed by atoms with Gasteiger partial charge in [-0.2, -0.15) is 0 Å². The number of hydrogen-bond donors (Lipinski definition) is 0. The smallest absolute Gasteiger partial charge is 0.312 e. The van der Waals surface area contributed by atoms with Gasteiger partial charge in [0.15, 0.2) is 0 Å². The Morgan fingerprint density at radius 3 is 2.47 bits per heavy atom. The molecule has 0 spiro atoms. The van der Waals surface area contributed by atoms with E-state index in [0.717, 1.165) is 6.42 Å². The molecule has 1 unspecified atom stereocenters. The summed E-state index contributed by atoms with van der Waals surface area (Å²) in [6.45, 7) is 10.1.